The second-order valence-electron chi connectivity index (χ2n) is 7.31. The number of rotatable bonds is 6. The van der Waals surface area contributed by atoms with Crippen LogP contribution in [0, 0.1) is 0 Å². The van der Waals surface area contributed by atoms with E-state index >= 15 is 0 Å². The lowest BCUT2D eigenvalue weighted by Crippen LogP contribution is -2.33. The third-order valence-corrected chi connectivity index (χ3v) is 4.92. The molecular weight excluding hydrogens is 288 g/mol. The molecule has 0 fully saturated rings. The lowest BCUT2D eigenvalue weighted by atomic mass is 9.74. The standard InChI is InChI=1S/C19H30N2O2/c1-6-13(7-8-23-5)15-9-16-17(10-14(15)12(2)20)21-18(22)11-19(16,3)4/h9-10,12-13H,6-8,11,20H2,1-5H3,(H,21,22)/t12-,13+/m0/s1. The molecule has 0 spiro atoms. The number of amides is 1. The maximum atomic E-state index is 12.0. The number of hydrogen-bond acceptors (Lipinski definition) is 3. The molecule has 1 aromatic carbocycles. The molecule has 0 saturated heterocycles. The van der Waals surface area contributed by atoms with E-state index in [-0.39, 0.29) is 17.4 Å². The van der Waals surface area contributed by atoms with Crippen LogP contribution in [0.1, 0.15) is 75.6 Å². The van der Waals surface area contributed by atoms with Crippen LogP contribution in [0.4, 0.5) is 5.69 Å². The van der Waals surface area contributed by atoms with E-state index in [1.54, 1.807) is 7.11 Å². The van der Waals surface area contributed by atoms with E-state index in [1.807, 2.05) is 6.92 Å². The summed E-state index contributed by atoms with van der Waals surface area (Å²) in [5, 5.41) is 3.02. The quantitative estimate of drug-likeness (QED) is 0.837. The van der Waals surface area contributed by atoms with Gasteiger partial charge < -0.3 is 15.8 Å². The summed E-state index contributed by atoms with van der Waals surface area (Å²) in [6.07, 6.45) is 2.55. The summed E-state index contributed by atoms with van der Waals surface area (Å²) in [5.41, 5.74) is 10.6. The predicted molar refractivity (Wildman–Crippen MR) is 94.8 cm³/mol. The van der Waals surface area contributed by atoms with Crippen molar-refractivity contribution in [3.63, 3.8) is 0 Å². The van der Waals surface area contributed by atoms with Crippen molar-refractivity contribution in [2.45, 2.75) is 64.3 Å². The number of nitrogens with one attached hydrogen (secondary N) is 1. The molecule has 2 rings (SSSR count). The Kier molecular flexibility index (Phi) is 5.48. The Balaban J connectivity index is 2.55. The minimum atomic E-state index is -0.150. The van der Waals surface area contributed by atoms with E-state index < -0.39 is 0 Å². The monoisotopic (exact) mass is 318 g/mol. The molecule has 1 aromatic rings. The second kappa shape index (κ2) is 7.02. The lowest BCUT2D eigenvalue weighted by molar-refractivity contribution is -0.117. The summed E-state index contributed by atoms with van der Waals surface area (Å²) in [7, 11) is 1.74. The van der Waals surface area contributed by atoms with Gasteiger partial charge in [0.1, 0.15) is 0 Å². The fourth-order valence-corrected chi connectivity index (χ4v) is 3.58. The molecule has 1 aliphatic rings. The van der Waals surface area contributed by atoms with Crippen LogP contribution in [-0.4, -0.2) is 19.6 Å². The molecule has 2 atom stereocenters. The van der Waals surface area contributed by atoms with Crippen LogP contribution >= 0.6 is 0 Å². The summed E-state index contributed by atoms with van der Waals surface area (Å²) < 4.78 is 5.28. The average molecular weight is 318 g/mol. The first-order chi connectivity index (χ1) is 10.8. The Morgan fingerprint density at radius 2 is 2.04 bits per heavy atom. The van der Waals surface area contributed by atoms with Gasteiger partial charge in [-0.15, -0.1) is 0 Å². The Hall–Kier alpha value is -1.39. The molecule has 0 aromatic heterocycles. The molecule has 23 heavy (non-hydrogen) atoms. The molecule has 128 valence electrons. The summed E-state index contributed by atoms with van der Waals surface area (Å²) in [4.78, 5) is 12.0. The highest BCUT2D eigenvalue weighted by atomic mass is 16.5. The zero-order valence-electron chi connectivity index (χ0n) is 15.0. The van der Waals surface area contributed by atoms with Crippen LogP contribution in [0.15, 0.2) is 12.1 Å². The minimum Gasteiger partial charge on any atom is -0.385 e. The van der Waals surface area contributed by atoms with Crippen LogP contribution in [0.5, 0.6) is 0 Å². The molecule has 1 amide bonds. The Bertz CT molecular complexity index is 579. The highest BCUT2D eigenvalue weighted by molar-refractivity contribution is 5.95. The Morgan fingerprint density at radius 3 is 2.61 bits per heavy atom. The smallest absolute Gasteiger partial charge is 0.225 e. The molecule has 1 heterocycles. The molecule has 0 saturated carbocycles. The van der Waals surface area contributed by atoms with Crippen LogP contribution in [0.2, 0.25) is 0 Å². The molecule has 1 aliphatic heterocycles. The molecule has 0 bridgehead atoms. The van der Waals surface area contributed by atoms with Gasteiger partial charge in [0.25, 0.3) is 0 Å². The van der Waals surface area contributed by atoms with Gasteiger partial charge in [0.15, 0.2) is 0 Å². The van der Waals surface area contributed by atoms with Crippen molar-refractivity contribution in [2.75, 3.05) is 19.0 Å². The van der Waals surface area contributed by atoms with Crippen LogP contribution < -0.4 is 11.1 Å². The van der Waals surface area contributed by atoms with Crippen molar-refractivity contribution in [1.29, 1.82) is 0 Å². The predicted octanol–water partition coefficient (Wildman–Crippen LogP) is 3.86. The molecule has 3 N–H and O–H groups in total. The molecule has 0 aliphatic carbocycles. The normalized spacial score (nSPS) is 19.0. The maximum absolute atomic E-state index is 12.0. The number of fused-ring (bicyclic) bond motifs is 1. The van der Waals surface area contributed by atoms with Crippen molar-refractivity contribution in [2.24, 2.45) is 5.73 Å². The van der Waals surface area contributed by atoms with E-state index in [0.717, 1.165) is 30.7 Å². The summed E-state index contributed by atoms with van der Waals surface area (Å²) in [6, 6.07) is 4.30. The number of hydrogen-bond donors (Lipinski definition) is 2. The molecule has 4 heteroatoms. The van der Waals surface area contributed by atoms with Crippen molar-refractivity contribution in [1.82, 2.24) is 0 Å². The summed E-state index contributed by atoms with van der Waals surface area (Å²) in [6.45, 7) is 9.22. The number of carbonyl (C=O) groups is 1. The zero-order valence-corrected chi connectivity index (χ0v) is 15.0. The number of anilines is 1. The van der Waals surface area contributed by atoms with Gasteiger partial charge in [-0.1, -0.05) is 26.8 Å². The number of ether oxygens (including phenoxy) is 1. The fourth-order valence-electron chi connectivity index (χ4n) is 3.58. The number of carbonyl (C=O) groups excluding carboxylic acids is 1. The van der Waals surface area contributed by atoms with E-state index in [1.165, 1.54) is 11.1 Å². The third-order valence-electron chi connectivity index (χ3n) is 4.92. The largest absolute Gasteiger partial charge is 0.385 e. The van der Waals surface area contributed by atoms with E-state index in [9.17, 15) is 4.79 Å². The first kappa shape index (κ1) is 18.0. The van der Waals surface area contributed by atoms with Crippen molar-refractivity contribution in [3.8, 4) is 0 Å². The zero-order chi connectivity index (χ0) is 17.2. The first-order valence-electron chi connectivity index (χ1n) is 8.52. The van der Waals surface area contributed by atoms with Crippen LogP contribution in [-0.2, 0) is 14.9 Å². The molecule has 4 nitrogen and oxygen atoms in total. The van der Waals surface area contributed by atoms with Crippen LogP contribution in [0.3, 0.4) is 0 Å². The van der Waals surface area contributed by atoms with Gasteiger partial charge in [-0.05, 0) is 48.4 Å². The topological polar surface area (TPSA) is 64.3 Å². The molecule has 0 unspecified atom stereocenters. The highest BCUT2D eigenvalue weighted by Gasteiger charge is 2.33. The van der Waals surface area contributed by atoms with Gasteiger partial charge >= 0.3 is 0 Å². The highest BCUT2D eigenvalue weighted by Crippen LogP contribution is 2.42. The minimum absolute atomic E-state index is 0.0613. The van der Waals surface area contributed by atoms with Gasteiger partial charge in [-0.2, -0.15) is 0 Å². The second-order valence-corrected chi connectivity index (χ2v) is 7.31. The first-order valence-corrected chi connectivity index (χ1v) is 8.52. The number of methoxy groups -OCH3 is 1. The molecular formula is C19H30N2O2. The lowest BCUT2D eigenvalue weighted by Gasteiger charge is -2.34. The van der Waals surface area contributed by atoms with E-state index in [0.29, 0.717) is 12.3 Å². The number of benzene rings is 1. The van der Waals surface area contributed by atoms with E-state index in [2.05, 4.69) is 38.2 Å². The Labute approximate surface area is 139 Å². The van der Waals surface area contributed by atoms with E-state index in [4.69, 9.17) is 10.5 Å². The Morgan fingerprint density at radius 1 is 1.35 bits per heavy atom. The van der Waals surface area contributed by atoms with Crippen molar-refractivity contribution >= 4 is 11.6 Å². The average Bonchev–Trinajstić information content (AvgIpc) is 2.46. The van der Waals surface area contributed by atoms with Gasteiger partial charge in [-0.3, -0.25) is 4.79 Å². The summed E-state index contributed by atoms with van der Waals surface area (Å²) >= 11 is 0. The SMILES string of the molecule is CC[C@H](CCOC)c1cc2c(cc1[C@H](C)N)NC(=O)CC2(C)C. The van der Waals surface area contributed by atoms with Crippen LogP contribution in [0.25, 0.3) is 0 Å². The van der Waals surface area contributed by atoms with Gasteiger partial charge in [-0.25, -0.2) is 0 Å². The van der Waals surface area contributed by atoms with Crippen molar-refractivity contribution < 1.29 is 9.53 Å². The fraction of sp³-hybridized carbons (Fsp3) is 0.632. The summed E-state index contributed by atoms with van der Waals surface area (Å²) in [5.74, 6) is 0.506. The maximum Gasteiger partial charge on any atom is 0.225 e. The molecule has 0 radical (unpaired) electrons. The van der Waals surface area contributed by atoms with Gasteiger partial charge in [0.2, 0.25) is 5.91 Å². The number of nitrogens with two attached hydrogens (primary N) is 1. The van der Waals surface area contributed by atoms with Gasteiger partial charge in [0.05, 0.1) is 0 Å². The van der Waals surface area contributed by atoms with Crippen molar-refractivity contribution in [3.05, 3.63) is 28.8 Å². The third kappa shape index (κ3) is 3.75. The van der Waals surface area contributed by atoms with Gasteiger partial charge in [0, 0.05) is 37.3 Å².